The maximum absolute atomic E-state index is 13.9. The van der Waals surface area contributed by atoms with E-state index in [2.05, 4.69) is 5.32 Å². The summed E-state index contributed by atoms with van der Waals surface area (Å²) >= 11 is 0. The second-order valence-electron chi connectivity index (χ2n) is 5.91. The molecule has 0 aliphatic carbocycles. The SMILES string of the molecule is CCOc1ccc2c(c1)c(C)c(C(=O)Nc1cc(F)ccc1F)n2CC. The van der Waals surface area contributed by atoms with Crippen molar-refractivity contribution in [1.82, 2.24) is 4.57 Å². The molecule has 6 heteroatoms. The number of carbonyl (C=O) groups is 1. The quantitative estimate of drug-likeness (QED) is 0.705. The molecule has 0 aliphatic rings. The number of fused-ring (bicyclic) bond motifs is 1. The van der Waals surface area contributed by atoms with E-state index in [1.165, 1.54) is 0 Å². The average Bonchev–Trinajstić information content (AvgIpc) is 2.90. The van der Waals surface area contributed by atoms with Crippen molar-refractivity contribution in [3.05, 3.63) is 59.3 Å². The number of amides is 1. The maximum Gasteiger partial charge on any atom is 0.272 e. The second kappa shape index (κ2) is 7.15. The standard InChI is InChI=1S/C20H20F2N2O2/c1-4-24-18-9-7-14(26-5-2)11-15(18)12(3)19(24)20(25)23-17-10-13(21)6-8-16(17)22/h6-11H,4-5H2,1-3H3,(H,23,25). The molecule has 1 amide bonds. The van der Waals surface area contributed by atoms with Crippen LogP contribution in [0.4, 0.5) is 14.5 Å². The summed E-state index contributed by atoms with van der Waals surface area (Å²) in [4.78, 5) is 12.8. The minimum atomic E-state index is -0.685. The van der Waals surface area contributed by atoms with Gasteiger partial charge in [0.2, 0.25) is 0 Å². The zero-order valence-electron chi connectivity index (χ0n) is 14.9. The van der Waals surface area contributed by atoms with Gasteiger partial charge in [0.25, 0.3) is 5.91 Å². The lowest BCUT2D eigenvalue weighted by Gasteiger charge is -2.10. The van der Waals surface area contributed by atoms with Crippen LogP contribution in [0.1, 0.15) is 29.9 Å². The van der Waals surface area contributed by atoms with Gasteiger partial charge in [-0.3, -0.25) is 4.79 Å². The normalized spacial score (nSPS) is 11.0. The summed E-state index contributed by atoms with van der Waals surface area (Å²) < 4.78 is 34.6. The largest absolute Gasteiger partial charge is 0.494 e. The number of halogens is 2. The Balaban J connectivity index is 2.07. The van der Waals surface area contributed by atoms with E-state index in [4.69, 9.17) is 4.74 Å². The predicted molar refractivity (Wildman–Crippen MR) is 97.8 cm³/mol. The first-order valence-corrected chi connectivity index (χ1v) is 8.48. The van der Waals surface area contributed by atoms with Gasteiger partial charge in [-0.1, -0.05) is 0 Å². The Kier molecular flexibility index (Phi) is 4.93. The Morgan fingerprint density at radius 2 is 1.92 bits per heavy atom. The van der Waals surface area contributed by atoms with Crippen LogP contribution in [0, 0.1) is 18.6 Å². The lowest BCUT2D eigenvalue weighted by atomic mass is 10.1. The molecule has 1 heterocycles. The van der Waals surface area contributed by atoms with Crippen LogP contribution in [0.5, 0.6) is 5.75 Å². The molecule has 0 fully saturated rings. The van der Waals surface area contributed by atoms with Crippen LogP contribution in [-0.4, -0.2) is 17.1 Å². The monoisotopic (exact) mass is 358 g/mol. The second-order valence-corrected chi connectivity index (χ2v) is 5.91. The molecule has 0 saturated carbocycles. The third kappa shape index (κ3) is 3.14. The van der Waals surface area contributed by atoms with Gasteiger partial charge in [-0.15, -0.1) is 0 Å². The van der Waals surface area contributed by atoms with Crippen molar-refractivity contribution in [3.8, 4) is 5.75 Å². The van der Waals surface area contributed by atoms with Crippen molar-refractivity contribution >= 4 is 22.5 Å². The molecule has 3 rings (SSSR count). The molecular formula is C20H20F2N2O2. The third-order valence-electron chi connectivity index (χ3n) is 4.31. The topological polar surface area (TPSA) is 43.3 Å². The van der Waals surface area contributed by atoms with E-state index in [9.17, 15) is 13.6 Å². The van der Waals surface area contributed by atoms with Crippen molar-refractivity contribution < 1.29 is 18.3 Å². The summed E-state index contributed by atoms with van der Waals surface area (Å²) in [7, 11) is 0. The first-order chi connectivity index (χ1) is 12.5. The molecule has 0 radical (unpaired) electrons. The number of nitrogens with zero attached hydrogens (tertiary/aromatic N) is 1. The van der Waals surface area contributed by atoms with Gasteiger partial charge in [0.15, 0.2) is 0 Å². The van der Waals surface area contributed by atoms with Crippen LogP contribution < -0.4 is 10.1 Å². The van der Waals surface area contributed by atoms with Crippen LogP contribution in [0.2, 0.25) is 0 Å². The van der Waals surface area contributed by atoms with Crippen LogP contribution >= 0.6 is 0 Å². The van der Waals surface area contributed by atoms with E-state index in [1.807, 2.05) is 43.5 Å². The third-order valence-corrected chi connectivity index (χ3v) is 4.31. The lowest BCUT2D eigenvalue weighted by molar-refractivity contribution is 0.101. The summed E-state index contributed by atoms with van der Waals surface area (Å²) in [5.74, 6) is -1.06. The summed E-state index contributed by atoms with van der Waals surface area (Å²) in [6.45, 7) is 6.77. The highest BCUT2D eigenvalue weighted by molar-refractivity contribution is 6.08. The fourth-order valence-corrected chi connectivity index (χ4v) is 3.15. The maximum atomic E-state index is 13.9. The minimum Gasteiger partial charge on any atom is -0.494 e. The Labute approximate surface area is 150 Å². The van der Waals surface area contributed by atoms with Crippen molar-refractivity contribution in [1.29, 1.82) is 0 Å². The molecule has 136 valence electrons. The Bertz CT molecular complexity index is 980. The van der Waals surface area contributed by atoms with Gasteiger partial charge in [-0.05, 0) is 56.7 Å². The number of aryl methyl sites for hydroxylation is 2. The highest BCUT2D eigenvalue weighted by Crippen LogP contribution is 2.30. The van der Waals surface area contributed by atoms with Gasteiger partial charge >= 0.3 is 0 Å². The number of hydrogen-bond acceptors (Lipinski definition) is 2. The zero-order valence-corrected chi connectivity index (χ0v) is 14.9. The van der Waals surface area contributed by atoms with Gasteiger partial charge in [0, 0.05) is 23.5 Å². The van der Waals surface area contributed by atoms with Gasteiger partial charge in [-0.2, -0.15) is 0 Å². The van der Waals surface area contributed by atoms with E-state index >= 15 is 0 Å². The number of aromatic nitrogens is 1. The molecule has 1 aromatic heterocycles. The lowest BCUT2D eigenvalue weighted by Crippen LogP contribution is -2.18. The van der Waals surface area contributed by atoms with Gasteiger partial charge in [0.1, 0.15) is 23.1 Å². The summed E-state index contributed by atoms with van der Waals surface area (Å²) in [5.41, 5.74) is 1.88. The fraction of sp³-hybridized carbons (Fsp3) is 0.250. The van der Waals surface area contributed by atoms with E-state index in [0.717, 1.165) is 40.4 Å². The first kappa shape index (κ1) is 17.9. The summed E-state index contributed by atoms with van der Waals surface area (Å²) in [5, 5.41) is 3.37. The summed E-state index contributed by atoms with van der Waals surface area (Å²) in [6.07, 6.45) is 0. The molecule has 0 unspecified atom stereocenters. The van der Waals surface area contributed by atoms with Crippen LogP contribution in [0.3, 0.4) is 0 Å². The number of rotatable bonds is 5. The van der Waals surface area contributed by atoms with Gasteiger partial charge in [0.05, 0.1) is 12.3 Å². The van der Waals surface area contributed by atoms with Gasteiger partial charge in [-0.25, -0.2) is 8.78 Å². The van der Waals surface area contributed by atoms with E-state index in [0.29, 0.717) is 18.8 Å². The number of benzene rings is 2. The number of carbonyl (C=O) groups excluding carboxylic acids is 1. The van der Waals surface area contributed by atoms with Crippen LogP contribution in [0.25, 0.3) is 10.9 Å². The van der Waals surface area contributed by atoms with Crippen molar-refractivity contribution in [2.24, 2.45) is 0 Å². The highest BCUT2D eigenvalue weighted by Gasteiger charge is 2.21. The molecule has 0 spiro atoms. The fourth-order valence-electron chi connectivity index (χ4n) is 3.15. The van der Waals surface area contributed by atoms with Crippen LogP contribution in [-0.2, 0) is 6.54 Å². The van der Waals surface area contributed by atoms with E-state index in [-0.39, 0.29) is 5.69 Å². The Morgan fingerprint density at radius 1 is 1.15 bits per heavy atom. The molecule has 26 heavy (non-hydrogen) atoms. The van der Waals surface area contributed by atoms with E-state index in [1.54, 1.807) is 0 Å². The molecule has 0 atom stereocenters. The number of nitrogens with one attached hydrogen (secondary N) is 1. The molecule has 0 aliphatic heterocycles. The molecular weight excluding hydrogens is 338 g/mol. The predicted octanol–water partition coefficient (Wildman–Crippen LogP) is 4.90. The number of anilines is 1. The van der Waals surface area contributed by atoms with E-state index < -0.39 is 17.5 Å². The summed E-state index contributed by atoms with van der Waals surface area (Å²) in [6, 6.07) is 8.60. The van der Waals surface area contributed by atoms with Crippen molar-refractivity contribution in [2.45, 2.75) is 27.3 Å². The molecule has 2 aromatic carbocycles. The molecule has 3 aromatic rings. The molecule has 4 nitrogen and oxygen atoms in total. The van der Waals surface area contributed by atoms with Crippen molar-refractivity contribution in [3.63, 3.8) is 0 Å². The van der Waals surface area contributed by atoms with Crippen molar-refractivity contribution in [2.75, 3.05) is 11.9 Å². The molecule has 1 N–H and O–H groups in total. The Hall–Kier alpha value is -2.89. The zero-order chi connectivity index (χ0) is 18.8. The average molecular weight is 358 g/mol. The number of hydrogen-bond donors (Lipinski definition) is 1. The van der Waals surface area contributed by atoms with Crippen LogP contribution in [0.15, 0.2) is 36.4 Å². The first-order valence-electron chi connectivity index (χ1n) is 8.48. The molecule has 0 saturated heterocycles. The van der Waals surface area contributed by atoms with Gasteiger partial charge < -0.3 is 14.6 Å². The molecule has 0 bridgehead atoms. The number of ether oxygens (including phenoxy) is 1. The minimum absolute atomic E-state index is 0.183. The smallest absolute Gasteiger partial charge is 0.272 e. The Morgan fingerprint density at radius 3 is 2.62 bits per heavy atom. The highest BCUT2D eigenvalue weighted by atomic mass is 19.1.